The van der Waals surface area contributed by atoms with E-state index in [0.717, 1.165) is 96.3 Å². The Morgan fingerprint density at radius 2 is 1.10 bits per heavy atom. The second-order valence-corrected chi connectivity index (χ2v) is 15.7. The lowest BCUT2D eigenvalue weighted by Crippen LogP contribution is -2.63. The van der Waals surface area contributed by atoms with E-state index in [9.17, 15) is 24.0 Å². The highest BCUT2D eigenvalue weighted by atomic mass is 16.5. The molecule has 0 aromatic heterocycles. The monoisotopic (exact) mass is 703 g/mol. The summed E-state index contributed by atoms with van der Waals surface area (Å²) in [5, 5.41) is 12.3. The smallest absolute Gasteiger partial charge is 0.318 e. The lowest BCUT2D eigenvalue weighted by Gasteiger charge is -2.38. The third-order valence-corrected chi connectivity index (χ3v) is 11.5. The van der Waals surface area contributed by atoms with E-state index < -0.39 is 24.2 Å². The molecule has 4 aliphatic rings. The third kappa shape index (κ3) is 11.3. The molecular weight excluding hydrogens is 636 g/mol. The number of likely N-dealkylation sites (N-methyl/N-ethyl adjacent to an activating group) is 2. The number of carbonyl (C=O) groups excluding carboxylic acids is 5. The van der Waals surface area contributed by atoms with E-state index in [4.69, 9.17) is 4.74 Å². The van der Waals surface area contributed by atoms with Crippen LogP contribution in [0.25, 0.3) is 0 Å². The lowest BCUT2D eigenvalue weighted by atomic mass is 9.80. The predicted octanol–water partition coefficient (Wildman–Crippen LogP) is 4.12. The van der Waals surface area contributed by atoms with E-state index in [0.29, 0.717) is 39.3 Å². The fourth-order valence-corrected chi connectivity index (χ4v) is 8.61. The van der Waals surface area contributed by atoms with Gasteiger partial charge in [-0.1, -0.05) is 71.6 Å². The van der Waals surface area contributed by atoms with Crippen molar-refractivity contribution in [2.24, 2.45) is 23.7 Å². The quantitative estimate of drug-likeness (QED) is 0.214. The molecule has 3 aliphatic carbocycles. The molecule has 50 heavy (non-hydrogen) atoms. The van der Waals surface area contributed by atoms with Crippen molar-refractivity contribution in [3.05, 3.63) is 0 Å². The van der Waals surface area contributed by atoms with Gasteiger partial charge >= 0.3 is 6.03 Å². The first-order valence-corrected chi connectivity index (χ1v) is 19.9. The molecule has 1 heterocycles. The van der Waals surface area contributed by atoms with Gasteiger partial charge in [-0.3, -0.25) is 19.2 Å². The van der Waals surface area contributed by atoms with Crippen molar-refractivity contribution < 1.29 is 28.7 Å². The summed E-state index contributed by atoms with van der Waals surface area (Å²) >= 11 is 0. The standard InChI is InChI=1S/C38H66N6O6/c1-5-39-34(45)30(25-26(2)3)43(4)37(48)33(29-19-13-8-14-20-29)41-35(46)31(27-15-9-6-10-16-27)40-36(47)32(28-17-11-7-12-18-28)42-38(49)44-21-23-50-24-22-44/h26-33H,5-25H2,1-4H3,(H,39,45)(H,40,47)(H,41,46)(H,42,49)/t30-,31-,32-,33-/m1/s1. The van der Waals surface area contributed by atoms with Crippen molar-refractivity contribution in [2.45, 2.75) is 148 Å². The molecule has 284 valence electrons. The van der Waals surface area contributed by atoms with Crippen molar-refractivity contribution in [3.8, 4) is 0 Å². The Hall–Kier alpha value is -2.89. The van der Waals surface area contributed by atoms with Crippen LogP contribution in [0.3, 0.4) is 0 Å². The minimum atomic E-state index is -0.826. The number of ether oxygens (including phenoxy) is 1. The number of morpholine rings is 1. The van der Waals surface area contributed by atoms with Gasteiger partial charge in [-0.05, 0) is 75.5 Å². The van der Waals surface area contributed by atoms with E-state index >= 15 is 0 Å². The average molecular weight is 703 g/mol. The van der Waals surface area contributed by atoms with Gasteiger partial charge in [-0.25, -0.2) is 4.79 Å². The van der Waals surface area contributed by atoms with Gasteiger partial charge in [0.05, 0.1) is 13.2 Å². The van der Waals surface area contributed by atoms with Gasteiger partial charge < -0.3 is 35.8 Å². The maximum atomic E-state index is 14.5. The Morgan fingerprint density at radius 3 is 1.56 bits per heavy atom. The first kappa shape index (κ1) is 39.9. The van der Waals surface area contributed by atoms with Crippen LogP contribution in [0.4, 0.5) is 4.79 Å². The van der Waals surface area contributed by atoms with E-state index in [1.165, 1.54) is 0 Å². The van der Waals surface area contributed by atoms with Crippen LogP contribution in [0.15, 0.2) is 0 Å². The molecule has 3 saturated carbocycles. The van der Waals surface area contributed by atoms with Crippen molar-refractivity contribution in [3.63, 3.8) is 0 Å². The van der Waals surface area contributed by atoms with E-state index in [2.05, 4.69) is 21.3 Å². The molecule has 0 aromatic carbocycles. The van der Waals surface area contributed by atoms with E-state index in [1.54, 1.807) is 16.8 Å². The fraction of sp³-hybridized carbons (Fsp3) is 0.868. The SMILES string of the molecule is CCNC(=O)[C@@H](CC(C)C)N(C)C(=O)[C@H](NC(=O)[C@H](NC(=O)[C@H](NC(=O)N1CCOCC1)C1CCCCC1)C1CCCCC1)C1CCCCC1. The summed E-state index contributed by atoms with van der Waals surface area (Å²) in [6.45, 7) is 8.28. The maximum absolute atomic E-state index is 14.5. The number of rotatable bonds is 14. The lowest BCUT2D eigenvalue weighted by molar-refractivity contribution is -0.144. The van der Waals surface area contributed by atoms with Crippen molar-refractivity contribution in [1.29, 1.82) is 0 Å². The van der Waals surface area contributed by atoms with Gasteiger partial charge in [-0.15, -0.1) is 0 Å². The minimum absolute atomic E-state index is 0.0128. The Morgan fingerprint density at radius 1 is 0.660 bits per heavy atom. The normalized spacial score (nSPS) is 22.1. The van der Waals surface area contributed by atoms with Crippen molar-refractivity contribution in [2.75, 3.05) is 39.9 Å². The second-order valence-electron chi connectivity index (χ2n) is 15.7. The van der Waals surface area contributed by atoms with Gasteiger partial charge in [0.25, 0.3) is 0 Å². The molecule has 0 bridgehead atoms. The summed E-state index contributed by atoms with van der Waals surface area (Å²) in [6.07, 6.45) is 14.6. The third-order valence-electron chi connectivity index (χ3n) is 11.5. The van der Waals surface area contributed by atoms with Crippen molar-refractivity contribution in [1.82, 2.24) is 31.1 Å². The molecular formula is C38H66N6O6. The molecule has 4 atom stereocenters. The van der Waals surface area contributed by atoms with Gasteiger partial charge in [0, 0.05) is 26.7 Å². The first-order chi connectivity index (χ1) is 24.1. The van der Waals surface area contributed by atoms with Crippen LogP contribution in [0.1, 0.15) is 124 Å². The van der Waals surface area contributed by atoms with E-state index in [1.807, 2.05) is 20.8 Å². The maximum Gasteiger partial charge on any atom is 0.318 e. The molecule has 0 spiro atoms. The highest BCUT2D eigenvalue weighted by Gasteiger charge is 2.41. The number of hydrogen-bond acceptors (Lipinski definition) is 6. The van der Waals surface area contributed by atoms with Crippen LogP contribution in [0.2, 0.25) is 0 Å². The van der Waals surface area contributed by atoms with Crippen LogP contribution >= 0.6 is 0 Å². The summed E-state index contributed by atoms with van der Waals surface area (Å²) < 4.78 is 5.43. The van der Waals surface area contributed by atoms with Crippen LogP contribution in [-0.4, -0.2) is 104 Å². The van der Waals surface area contributed by atoms with Gasteiger partial charge in [0.15, 0.2) is 0 Å². The molecule has 0 aromatic rings. The molecule has 0 radical (unpaired) electrons. The van der Waals surface area contributed by atoms with Gasteiger partial charge in [0.2, 0.25) is 23.6 Å². The van der Waals surface area contributed by atoms with Crippen LogP contribution in [0.5, 0.6) is 0 Å². The molecule has 4 rings (SSSR count). The zero-order chi connectivity index (χ0) is 36.0. The summed E-state index contributed by atoms with van der Waals surface area (Å²) in [6, 6.07) is -3.29. The Balaban J connectivity index is 1.58. The summed E-state index contributed by atoms with van der Waals surface area (Å²) in [7, 11) is 1.68. The first-order valence-electron chi connectivity index (χ1n) is 19.9. The molecule has 6 amide bonds. The highest BCUT2D eigenvalue weighted by molar-refractivity contribution is 5.95. The number of nitrogens with zero attached hydrogens (tertiary/aromatic N) is 2. The minimum Gasteiger partial charge on any atom is -0.378 e. The Bertz CT molecular complexity index is 1110. The number of carbonyl (C=O) groups is 5. The molecule has 1 saturated heterocycles. The van der Waals surface area contributed by atoms with Gasteiger partial charge in [-0.2, -0.15) is 0 Å². The van der Waals surface area contributed by atoms with E-state index in [-0.39, 0.29) is 53.3 Å². The number of urea groups is 1. The molecule has 0 unspecified atom stereocenters. The number of nitrogens with one attached hydrogen (secondary N) is 4. The number of amides is 6. The predicted molar refractivity (Wildman–Crippen MR) is 193 cm³/mol. The van der Waals surface area contributed by atoms with Crippen LogP contribution in [-0.2, 0) is 23.9 Å². The highest BCUT2D eigenvalue weighted by Crippen LogP contribution is 2.31. The molecule has 12 heteroatoms. The zero-order valence-corrected chi connectivity index (χ0v) is 31.3. The van der Waals surface area contributed by atoms with Crippen LogP contribution < -0.4 is 21.3 Å². The average Bonchev–Trinajstić information content (AvgIpc) is 3.14. The van der Waals surface area contributed by atoms with Gasteiger partial charge in [0.1, 0.15) is 24.2 Å². The molecule has 4 fully saturated rings. The summed E-state index contributed by atoms with van der Waals surface area (Å²) in [5.41, 5.74) is 0. The molecule has 12 nitrogen and oxygen atoms in total. The van der Waals surface area contributed by atoms with Crippen molar-refractivity contribution >= 4 is 29.7 Å². The summed E-state index contributed by atoms with van der Waals surface area (Å²) in [4.78, 5) is 73.0. The summed E-state index contributed by atoms with van der Waals surface area (Å²) in [5.74, 6) is -1.06. The molecule has 1 aliphatic heterocycles. The zero-order valence-electron chi connectivity index (χ0n) is 31.3. The Kier molecular flexibility index (Phi) is 16.1. The Labute approximate surface area is 300 Å². The molecule has 4 N–H and O–H groups in total. The second kappa shape index (κ2) is 20.2. The number of hydrogen-bond donors (Lipinski definition) is 4. The van der Waals surface area contributed by atoms with Crippen LogP contribution in [0, 0.1) is 23.7 Å². The topological polar surface area (TPSA) is 149 Å². The fourth-order valence-electron chi connectivity index (χ4n) is 8.61. The largest absolute Gasteiger partial charge is 0.378 e.